The fraction of sp³-hybridized carbons (Fsp3) is 0.316. The summed E-state index contributed by atoms with van der Waals surface area (Å²) < 4.78 is 12.9. The highest BCUT2D eigenvalue weighted by Gasteiger charge is 2.25. The number of amides is 2. The molecule has 0 radical (unpaired) electrons. The number of thiophene rings is 1. The number of carbonyl (C=O) groups is 3. The van der Waals surface area contributed by atoms with Crippen LogP contribution >= 0.6 is 11.3 Å². The second-order valence-corrected chi connectivity index (χ2v) is 7.03. The second-order valence-electron chi connectivity index (χ2n) is 6.08. The van der Waals surface area contributed by atoms with Crippen LogP contribution in [0.4, 0.5) is 4.39 Å². The fourth-order valence-corrected chi connectivity index (χ4v) is 3.56. The second kappa shape index (κ2) is 8.23. The number of ketones is 1. The molecule has 1 aromatic heterocycles. The Kier molecular flexibility index (Phi) is 5.78. The molecule has 3 rings (SSSR count). The highest BCUT2D eigenvalue weighted by molar-refractivity contribution is 7.12. The molecule has 0 N–H and O–H groups in total. The van der Waals surface area contributed by atoms with E-state index in [2.05, 4.69) is 0 Å². The molecule has 2 aromatic rings. The molecular formula is C19H19FN2O3S. The third-order valence-electron chi connectivity index (χ3n) is 4.38. The molecule has 26 heavy (non-hydrogen) atoms. The van der Waals surface area contributed by atoms with Crippen LogP contribution in [-0.4, -0.2) is 53.6 Å². The molecule has 2 heterocycles. The van der Waals surface area contributed by atoms with Crippen LogP contribution in [0.3, 0.4) is 0 Å². The van der Waals surface area contributed by atoms with Gasteiger partial charge in [-0.25, -0.2) is 4.39 Å². The van der Waals surface area contributed by atoms with E-state index in [4.69, 9.17) is 0 Å². The first-order valence-electron chi connectivity index (χ1n) is 8.44. The van der Waals surface area contributed by atoms with E-state index in [1.54, 1.807) is 15.9 Å². The lowest BCUT2D eigenvalue weighted by atomic mass is 10.1. The number of halogens is 1. The summed E-state index contributed by atoms with van der Waals surface area (Å²) >= 11 is 1.41. The summed E-state index contributed by atoms with van der Waals surface area (Å²) in [5.74, 6) is -0.667. The topological polar surface area (TPSA) is 57.7 Å². The Labute approximate surface area is 155 Å². The van der Waals surface area contributed by atoms with Crippen molar-refractivity contribution < 1.29 is 18.8 Å². The molecule has 1 fully saturated rings. The minimum absolute atomic E-state index is 0.00131. The summed E-state index contributed by atoms with van der Waals surface area (Å²) in [4.78, 5) is 40.8. The molecule has 0 spiro atoms. The van der Waals surface area contributed by atoms with Crippen molar-refractivity contribution in [3.05, 3.63) is 58.0 Å². The molecular weight excluding hydrogens is 355 g/mol. The van der Waals surface area contributed by atoms with Gasteiger partial charge in [-0.2, -0.15) is 0 Å². The van der Waals surface area contributed by atoms with Gasteiger partial charge in [0.15, 0.2) is 5.78 Å². The zero-order valence-electron chi connectivity index (χ0n) is 14.2. The van der Waals surface area contributed by atoms with Crippen LogP contribution < -0.4 is 0 Å². The van der Waals surface area contributed by atoms with E-state index >= 15 is 0 Å². The van der Waals surface area contributed by atoms with Crippen LogP contribution in [0.15, 0.2) is 41.8 Å². The van der Waals surface area contributed by atoms with Crippen molar-refractivity contribution in [3.8, 4) is 0 Å². The number of rotatable bonds is 5. The monoisotopic (exact) mass is 374 g/mol. The van der Waals surface area contributed by atoms with E-state index in [1.165, 1.54) is 35.6 Å². The van der Waals surface area contributed by atoms with Crippen LogP contribution in [0.1, 0.15) is 32.9 Å². The van der Waals surface area contributed by atoms with Gasteiger partial charge in [0.1, 0.15) is 5.82 Å². The molecule has 2 amide bonds. The highest BCUT2D eigenvalue weighted by atomic mass is 32.1. The van der Waals surface area contributed by atoms with Crippen LogP contribution in [0, 0.1) is 5.82 Å². The summed E-state index contributed by atoms with van der Waals surface area (Å²) in [7, 11) is 0. The predicted octanol–water partition coefficient (Wildman–Crippen LogP) is 2.83. The van der Waals surface area contributed by atoms with E-state index in [9.17, 15) is 18.8 Å². The van der Waals surface area contributed by atoms with Gasteiger partial charge in [0.2, 0.25) is 5.91 Å². The predicted molar refractivity (Wildman–Crippen MR) is 96.8 cm³/mol. The average Bonchev–Trinajstić information content (AvgIpc) is 3.20. The minimum atomic E-state index is -0.396. The van der Waals surface area contributed by atoms with E-state index < -0.39 is 5.82 Å². The maximum Gasteiger partial charge on any atom is 0.264 e. The van der Waals surface area contributed by atoms with Gasteiger partial charge in [-0.15, -0.1) is 11.3 Å². The van der Waals surface area contributed by atoms with Gasteiger partial charge in [-0.1, -0.05) is 6.07 Å². The quantitative estimate of drug-likeness (QED) is 0.756. The standard InChI is InChI=1S/C19H19FN2O3S/c20-15-5-3-14(4-6-15)16(23)7-8-18(24)21-9-11-22(12-10-21)19(25)17-2-1-13-26-17/h1-6,13H,7-12H2. The summed E-state index contributed by atoms with van der Waals surface area (Å²) in [6.07, 6.45) is 0.216. The summed E-state index contributed by atoms with van der Waals surface area (Å²) in [6.45, 7) is 1.93. The third-order valence-corrected chi connectivity index (χ3v) is 5.24. The first-order valence-corrected chi connectivity index (χ1v) is 9.32. The van der Waals surface area contributed by atoms with Crippen molar-refractivity contribution in [2.24, 2.45) is 0 Å². The number of piperazine rings is 1. The molecule has 1 aliphatic rings. The van der Waals surface area contributed by atoms with Crippen LogP contribution in [0.25, 0.3) is 0 Å². The van der Waals surface area contributed by atoms with Gasteiger partial charge in [0, 0.05) is 44.6 Å². The number of hydrogen-bond acceptors (Lipinski definition) is 4. The lowest BCUT2D eigenvalue weighted by Gasteiger charge is -2.34. The van der Waals surface area contributed by atoms with Crippen LogP contribution in [0.2, 0.25) is 0 Å². The number of Topliss-reactive ketones (excluding diaryl/α,β-unsaturated/α-hetero) is 1. The van der Waals surface area contributed by atoms with E-state index in [-0.39, 0.29) is 30.4 Å². The molecule has 0 bridgehead atoms. The Morgan fingerprint density at radius 2 is 1.58 bits per heavy atom. The molecule has 1 saturated heterocycles. The normalized spacial score (nSPS) is 14.3. The molecule has 0 atom stereocenters. The Morgan fingerprint density at radius 3 is 2.19 bits per heavy atom. The van der Waals surface area contributed by atoms with Crippen LogP contribution in [0.5, 0.6) is 0 Å². The van der Waals surface area contributed by atoms with Gasteiger partial charge < -0.3 is 9.80 Å². The number of carbonyl (C=O) groups excluding carboxylic acids is 3. The summed E-state index contributed by atoms with van der Waals surface area (Å²) in [5.41, 5.74) is 0.408. The lowest BCUT2D eigenvalue weighted by molar-refractivity contribution is -0.132. The maximum atomic E-state index is 12.9. The maximum absolute atomic E-state index is 12.9. The number of nitrogens with zero attached hydrogens (tertiary/aromatic N) is 2. The Bertz CT molecular complexity index is 782. The first kappa shape index (κ1) is 18.3. The molecule has 7 heteroatoms. The Balaban J connectivity index is 1.45. The third kappa shape index (κ3) is 4.35. The van der Waals surface area contributed by atoms with Crippen molar-refractivity contribution in [2.45, 2.75) is 12.8 Å². The van der Waals surface area contributed by atoms with Crippen molar-refractivity contribution in [1.82, 2.24) is 9.80 Å². The van der Waals surface area contributed by atoms with E-state index in [0.717, 1.165) is 0 Å². The molecule has 0 unspecified atom stereocenters. The van der Waals surface area contributed by atoms with Crippen molar-refractivity contribution in [1.29, 1.82) is 0 Å². The zero-order chi connectivity index (χ0) is 18.5. The highest BCUT2D eigenvalue weighted by Crippen LogP contribution is 2.15. The smallest absolute Gasteiger partial charge is 0.264 e. The number of benzene rings is 1. The number of hydrogen-bond donors (Lipinski definition) is 0. The molecule has 1 aromatic carbocycles. The average molecular weight is 374 g/mol. The summed E-state index contributed by atoms with van der Waals surface area (Å²) in [5, 5.41) is 1.87. The molecule has 1 aliphatic heterocycles. The first-order chi connectivity index (χ1) is 12.5. The van der Waals surface area contributed by atoms with E-state index in [0.29, 0.717) is 36.6 Å². The SMILES string of the molecule is O=C(CCC(=O)N1CCN(C(=O)c2cccs2)CC1)c1ccc(F)cc1. The molecule has 136 valence electrons. The molecule has 0 saturated carbocycles. The van der Waals surface area contributed by atoms with Gasteiger partial charge in [-0.3, -0.25) is 14.4 Å². The van der Waals surface area contributed by atoms with Crippen LogP contribution in [-0.2, 0) is 4.79 Å². The Hall–Kier alpha value is -2.54. The van der Waals surface area contributed by atoms with E-state index in [1.807, 2.05) is 11.4 Å². The van der Waals surface area contributed by atoms with Crippen molar-refractivity contribution in [3.63, 3.8) is 0 Å². The van der Waals surface area contributed by atoms with Gasteiger partial charge >= 0.3 is 0 Å². The molecule has 0 aliphatic carbocycles. The van der Waals surface area contributed by atoms with Gasteiger partial charge in [0.05, 0.1) is 4.88 Å². The summed E-state index contributed by atoms with van der Waals surface area (Å²) in [6, 6.07) is 8.97. The van der Waals surface area contributed by atoms with Crippen molar-refractivity contribution >= 4 is 28.9 Å². The zero-order valence-corrected chi connectivity index (χ0v) is 15.0. The minimum Gasteiger partial charge on any atom is -0.339 e. The largest absolute Gasteiger partial charge is 0.339 e. The fourth-order valence-electron chi connectivity index (χ4n) is 2.87. The van der Waals surface area contributed by atoms with Gasteiger partial charge in [-0.05, 0) is 35.7 Å². The van der Waals surface area contributed by atoms with Gasteiger partial charge in [0.25, 0.3) is 5.91 Å². The Morgan fingerprint density at radius 1 is 0.923 bits per heavy atom. The lowest BCUT2D eigenvalue weighted by Crippen LogP contribution is -2.50. The van der Waals surface area contributed by atoms with Crippen molar-refractivity contribution in [2.75, 3.05) is 26.2 Å². The molecule has 5 nitrogen and oxygen atoms in total.